The Morgan fingerprint density at radius 1 is 1.16 bits per heavy atom. The smallest absolute Gasteiger partial charge is 0.264 e. The monoisotopic (exact) mass is 354 g/mol. The molecule has 0 radical (unpaired) electrons. The Labute approximate surface area is 150 Å². The molecule has 1 fully saturated rings. The largest absolute Gasteiger partial charge is 0.493 e. The van der Waals surface area contributed by atoms with Crippen molar-refractivity contribution in [3.05, 3.63) is 59.0 Å². The fourth-order valence-corrected chi connectivity index (χ4v) is 3.14. The van der Waals surface area contributed by atoms with Gasteiger partial charge in [0.05, 0.1) is 24.3 Å². The minimum Gasteiger partial charge on any atom is -0.493 e. The molecular weight excluding hydrogens is 336 g/mol. The van der Waals surface area contributed by atoms with Gasteiger partial charge in [0.2, 0.25) is 0 Å². The Hall–Kier alpha value is -2.73. The molecule has 0 bridgehead atoms. The van der Waals surface area contributed by atoms with Gasteiger partial charge in [-0.05, 0) is 54.6 Å². The van der Waals surface area contributed by atoms with E-state index in [0.717, 1.165) is 11.3 Å². The number of para-hydroxylation sites is 1. The van der Waals surface area contributed by atoms with Crippen molar-refractivity contribution in [2.24, 2.45) is 4.99 Å². The third-order valence-electron chi connectivity index (χ3n) is 3.42. The second-order valence-corrected chi connectivity index (χ2v) is 6.19. The number of nitrogens with zero attached hydrogens (tertiary/aromatic N) is 1. The highest BCUT2D eigenvalue weighted by molar-refractivity contribution is 8.18. The van der Waals surface area contributed by atoms with E-state index < -0.39 is 0 Å². The second kappa shape index (κ2) is 7.90. The number of benzene rings is 2. The van der Waals surface area contributed by atoms with Gasteiger partial charge in [-0.2, -0.15) is 0 Å². The Balaban J connectivity index is 1.82. The second-order valence-electron chi connectivity index (χ2n) is 5.16. The van der Waals surface area contributed by atoms with E-state index in [-0.39, 0.29) is 5.91 Å². The fourth-order valence-electron chi connectivity index (χ4n) is 2.30. The first kappa shape index (κ1) is 17.1. The van der Waals surface area contributed by atoms with Gasteiger partial charge in [-0.25, -0.2) is 4.99 Å². The maximum Gasteiger partial charge on any atom is 0.264 e. The Morgan fingerprint density at radius 2 is 1.96 bits per heavy atom. The van der Waals surface area contributed by atoms with Crippen molar-refractivity contribution in [1.82, 2.24) is 5.32 Å². The molecule has 1 saturated heterocycles. The van der Waals surface area contributed by atoms with Gasteiger partial charge in [0.1, 0.15) is 0 Å². The minimum absolute atomic E-state index is 0.160. The summed E-state index contributed by atoms with van der Waals surface area (Å²) in [6.45, 7) is 2.48. The van der Waals surface area contributed by atoms with Crippen LogP contribution in [0.4, 0.5) is 5.69 Å². The Kier molecular flexibility index (Phi) is 5.40. The fraction of sp³-hybridized carbons (Fsp3) is 0.158. The Bertz CT molecular complexity index is 832. The van der Waals surface area contributed by atoms with Gasteiger partial charge in [-0.3, -0.25) is 4.79 Å². The topological polar surface area (TPSA) is 59.9 Å². The number of hydrogen-bond acceptors (Lipinski definition) is 5. The van der Waals surface area contributed by atoms with Crippen molar-refractivity contribution in [3.63, 3.8) is 0 Å². The molecule has 6 heteroatoms. The molecule has 1 aliphatic rings. The van der Waals surface area contributed by atoms with E-state index in [2.05, 4.69) is 10.3 Å². The lowest BCUT2D eigenvalue weighted by Crippen LogP contribution is -2.19. The maximum absolute atomic E-state index is 12.2. The number of rotatable bonds is 5. The van der Waals surface area contributed by atoms with E-state index in [1.165, 1.54) is 11.8 Å². The SMILES string of the molecule is CCOc1ccc(C=C2SC(=Nc3ccccc3)NC2=O)cc1OC. The molecule has 1 amide bonds. The van der Waals surface area contributed by atoms with Crippen molar-refractivity contribution in [3.8, 4) is 11.5 Å². The minimum atomic E-state index is -0.160. The first-order valence-corrected chi connectivity index (χ1v) is 8.66. The number of carbonyl (C=O) groups excluding carboxylic acids is 1. The molecule has 3 rings (SSSR count). The summed E-state index contributed by atoms with van der Waals surface area (Å²) >= 11 is 1.31. The molecule has 0 aliphatic carbocycles. The normalized spacial score (nSPS) is 17.0. The van der Waals surface area contributed by atoms with Crippen molar-refractivity contribution >= 4 is 34.6 Å². The zero-order chi connectivity index (χ0) is 17.6. The summed E-state index contributed by atoms with van der Waals surface area (Å²) in [5.74, 6) is 1.16. The number of aliphatic imine (C=N–C) groups is 1. The predicted molar refractivity (Wildman–Crippen MR) is 101 cm³/mol. The number of hydrogen-bond donors (Lipinski definition) is 1. The third-order valence-corrected chi connectivity index (χ3v) is 4.33. The summed E-state index contributed by atoms with van der Waals surface area (Å²) in [6, 6.07) is 15.1. The highest BCUT2D eigenvalue weighted by Gasteiger charge is 2.23. The summed E-state index contributed by atoms with van der Waals surface area (Å²) < 4.78 is 10.9. The van der Waals surface area contributed by atoms with E-state index in [0.29, 0.717) is 28.2 Å². The molecule has 2 aromatic rings. The van der Waals surface area contributed by atoms with Crippen LogP contribution in [-0.4, -0.2) is 24.8 Å². The van der Waals surface area contributed by atoms with Crippen LogP contribution in [0, 0.1) is 0 Å². The Morgan fingerprint density at radius 3 is 2.68 bits per heavy atom. The van der Waals surface area contributed by atoms with Crippen LogP contribution in [0.3, 0.4) is 0 Å². The van der Waals surface area contributed by atoms with Crippen molar-refractivity contribution in [1.29, 1.82) is 0 Å². The highest BCUT2D eigenvalue weighted by atomic mass is 32.2. The molecule has 0 spiro atoms. The molecule has 0 unspecified atom stereocenters. The van der Waals surface area contributed by atoms with Crippen LogP contribution in [0.5, 0.6) is 11.5 Å². The average Bonchev–Trinajstić information content (AvgIpc) is 2.96. The van der Waals surface area contributed by atoms with Crippen molar-refractivity contribution in [2.45, 2.75) is 6.92 Å². The van der Waals surface area contributed by atoms with E-state index in [4.69, 9.17) is 9.47 Å². The number of amides is 1. The van der Waals surface area contributed by atoms with Crippen molar-refractivity contribution in [2.75, 3.05) is 13.7 Å². The molecule has 0 aromatic heterocycles. The number of amidine groups is 1. The molecule has 128 valence electrons. The molecule has 1 aliphatic heterocycles. The van der Waals surface area contributed by atoms with E-state index in [1.54, 1.807) is 7.11 Å². The molecule has 5 nitrogen and oxygen atoms in total. The van der Waals surface area contributed by atoms with E-state index in [1.807, 2.05) is 61.5 Å². The molecule has 25 heavy (non-hydrogen) atoms. The lowest BCUT2D eigenvalue weighted by atomic mass is 10.2. The van der Waals surface area contributed by atoms with E-state index in [9.17, 15) is 4.79 Å². The number of thioether (sulfide) groups is 1. The van der Waals surface area contributed by atoms with Crippen LogP contribution in [0.2, 0.25) is 0 Å². The maximum atomic E-state index is 12.2. The average molecular weight is 354 g/mol. The van der Waals surface area contributed by atoms with Gasteiger partial charge in [0.15, 0.2) is 16.7 Å². The zero-order valence-corrected chi connectivity index (χ0v) is 14.8. The highest BCUT2D eigenvalue weighted by Crippen LogP contribution is 2.32. The summed E-state index contributed by atoms with van der Waals surface area (Å²) in [4.78, 5) is 17.2. The third kappa shape index (κ3) is 4.22. The molecule has 1 heterocycles. The first-order chi connectivity index (χ1) is 12.2. The van der Waals surface area contributed by atoms with Gasteiger partial charge >= 0.3 is 0 Å². The molecular formula is C19H18N2O3S. The standard InChI is InChI=1S/C19H18N2O3S/c1-3-24-15-10-9-13(11-16(15)23-2)12-17-18(22)21-19(25-17)20-14-7-5-4-6-8-14/h4-12H,3H2,1-2H3,(H,20,21,22). The van der Waals surface area contributed by atoms with Gasteiger partial charge in [0, 0.05) is 0 Å². The van der Waals surface area contributed by atoms with Crippen LogP contribution in [0.15, 0.2) is 58.4 Å². The van der Waals surface area contributed by atoms with Crippen LogP contribution < -0.4 is 14.8 Å². The number of methoxy groups -OCH3 is 1. The molecule has 2 aromatic carbocycles. The van der Waals surface area contributed by atoms with Crippen LogP contribution in [0.1, 0.15) is 12.5 Å². The summed E-state index contributed by atoms with van der Waals surface area (Å²) in [6.07, 6.45) is 1.81. The predicted octanol–water partition coefficient (Wildman–Crippen LogP) is 3.99. The van der Waals surface area contributed by atoms with Crippen LogP contribution in [0.25, 0.3) is 6.08 Å². The number of carbonyl (C=O) groups is 1. The lowest BCUT2D eigenvalue weighted by Gasteiger charge is -2.09. The molecule has 0 atom stereocenters. The molecule has 1 N–H and O–H groups in total. The van der Waals surface area contributed by atoms with E-state index >= 15 is 0 Å². The number of nitrogens with one attached hydrogen (secondary N) is 1. The molecule has 0 saturated carbocycles. The van der Waals surface area contributed by atoms with Crippen LogP contribution in [-0.2, 0) is 4.79 Å². The van der Waals surface area contributed by atoms with Gasteiger partial charge in [-0.15, -0.1) is 0 Å². The summed E-state index contributed by atoms with van der Waals surface area (Å²) in [5.41, 5.74) is 1.66. The lowest BCUT2D eigenvalue weighted by molar-refractivity contribution is -0.115. The van der Waals surface area contributed by atoms with Gasteiger partial charge < -0.3 is 14.8 Å². The quantitative estimate of drug-likeness (QED) is 0.825. The van der Waals surface area contributed by atoms with Crippen LogP contribution >= 0.6 is 11.8 Å². The van der Waals surface area contributed by atoms with Gasteiger partial charge in [-0.1, -0.05) is 24.3 Å². The zero-order valence-electron chi connectivity index (χ0n) is 14.0. The first-order valence-electron chi connectivity index (χ1n) is 7.85. The van der Waals surface area contributed by atoms with Gasteiger partial charge in [0.25, 0.3) is 5.91 Å². The number of ether oxygens (including phenoxy) is 2. The summed E-state index contributed by atoms with van der Waals surface area (Å²) in [7, 11) is 1.59. The summed E-state index contributed by atoms with van der Waals surface area (Å²) in [5, 5.41) is 3.35. The van der Waals surface area contributed by atoms with Crippen molar-refractivity contribution < 1.29 is 14.3 Å².